The van der Waals surface area contributed by atoms with E-state index in [1.807, 2.05) is 0 Å². The van der Waals surface area contributed by atoms with Crippen LogP contribution < -0.4 is 14.0 Å². The lowest BCUT2D eigenvalue weighted by Gasteiger charge is -2.21. The van der Waals surface area contributed by atoms with Gasteiger partial charge in [0, 0.05) is 21.9 Å². The molecule has 1 aromatic heterocycles. The topological polar surface area (TPSA) is 54.0 Å². The van der Waals surface area contributed by atoms with Crippen LogP contribution in [0.1, 0.15) is 123 Å². The second kappa shape index (κ2) is 13.3. The third-order valence-corrected chi connectivity index (χ3v) is 9.26. The van der Waals surface area contributed by atoms with E-state index in [-0.39, 0.29) is 16.9 Å². The van der Waals surface area contributed by atoms with Crippen molar-refractivity contribution in [3.63, 3.8) is 0 Å². The Kier molecular flexibility index (Phi) is 10.2. The maximum atomic E-state index is 6.84. The molecule has 1 heterocycles. The summed E-state index contributed by atoms with van der Waals surface area (Å²) >= 11 is 0. The molecule has 1 saturated carbocycles. The maximum absolute atomic E-state index is 6.84. The molecule has 1 aliphatic carbocycles. The fourth-order valence-corrected chi connectivity index (χ4v) is 6.98. The molecular formula is C34H51O5P. The average molecular weight is 571 g/mol. The summed E-state index contributed by atoms with van der Waals surface area (Å²) in [6.07, 6.45) is 13.9. The predicted molar refractivity (Wildman–Crippen MR) is 168 cm³/mol. The van der Waals surface area contributed by atoms with E-state index >= 15 is 0 Å². The minimum absolute atomic E-state index is 0.128. The van der Waals surface area contributed by atoms with E-state index in [0.717, 1.165) is 57.4 Å². The van der Waals surface area contributed by atoms with E-state index in [1.54, 1.807) is 14.2 Å². The van der Waals surface area contributed by atoms with Gasteiger partial charge in [-0.1, -0.05) is 99.3 Å². The third-order valence-electron chi connectivity index (χ3n) is 8.12. The van der Waals surface area contributed by atoms with Crippen LogP contribution in [0.25, 0.3) is 21.9 Å². The molecule has 1 aliphatic rings. The number of benzene rings is 2. The van der Waals surface area contributed by atoms with Crippen LogP contribution >= 0.6 is 8.24 Å². The van der Waals surface area contributed by atoms with Crippen LogP contribution in [0.3, 0.4) is 0 Å². The van der Waals surface area contributed by atoms with E-state index < -0.39 is 8.24 Å². The number of rotatable bonds is 4. The predicted octanol–water partition coefficient (Wildman–Crippen LogP) is 11.0. The van der Waals surface area contributed by atoms with Crippen LogP contribution in [0, 0.1) is 0 Å². The molecule has 0 spiro atoms. The van der Waals surface area contributed by atoms with E-state index in [2.05, 4.69) is 65.8 Å². The lowest BCUT2D eigenvalue weighted by molar-refractivity contribution is 0.220. The van der Waals surface area contributed by atoms with E-state index in [4.69, 9.17) is 22.4 Å². The van der Waals surface area contributed by atoms with Crippen molar-refractivity contribution in [2.45, 2.75) is 129 Å². The largest absolute Gasteiger partial charge is 0.497 e. The first-order valence-corrected chi connectivity index (χ1v) is 16.4. The van der Waals surface area contributed by atoms with Crippen molar-refractivity contribution in [2.75, 3.05) is 14.2 Å². The summed E-state index contributed by atoms with van der Waals surface area (Å²) in [5, 5.41) is 1.91. The lowest BCUT2D eigenvalue weighted by Crippen LogP contribution is -2.15. The summed E-state index contributed by atoms with van der Waals surface area (Å²) in [4.78, 5) is 0. The Morgan fingerprint density at radius 1 is 0.600 bits per heavy atom. The summed E-state index contributed by atoms with van der Waals surface area (Å²) in [6.45, 7) is 13.3. The van der Waals surface area contributed by atoms with Gasteiger partial charge >= 0.3 is 8.24 Å². The Morgan fingerprint density at radius 3 is 1.32 bits per heavy atom. The van der Waals surface area contributed by atoms with Crippen molar-refractivity contribution in [3.8, 4) is 11.5 Å². The minimum Gasteiger partial charge on any atom is -0.497 e. The molecule has 5 nitrogen and oxygen atoms in total. The van der Waals surface area contributed by atoms with Gasteiger partial charge in [-0.25, -0.2) is 0 Å². The van der Waals surface area contributed by atoms with E-state index in [9.17, 15) is 0 Å². The lowest BCUT2D eigenvalue weighted by atomic mass is 9.84. The van der Waals surface area contributed by atoms with Crippen LogP contribution in [0.15, 0.2) is 32.7 Å². The number of fused-ring (bicyclic) bond motifs is 3. The number of hydrogen-bond donors (Lipinski definition) is 0. The van der Waals surface area contributed by atoms with Gasteiger partial charge in [-0.2, -0.15) is 0 Å². The van der Waals surface area contributed by atoms with E-state index in [0.29, 0.717) is 0 Å². The Morgan fingerprint density at radius 2 is 0.975 bits per heavy atom. The van der Waals surface area contributed by atoms with Gasteiger partial charge in [0.2, 0.25) is 0 Å². The highest BCUT2D eigenvalue weighted by molar-refractivity contribution is 7.31. The summed E-state index contributed by atoms with van der Waals surface area (Å²) in [5.41, 5.74) is 3.44. The highest BCUT2D eigenvalue weighted by atomic mass is 31.1. The molecule has 2 aromatic carbocycles. The molecule has 0 saturated heterocycles. The first-order valence-electron chi connectivity index (χ1n) is 15.3. The van der Waals surface area contributed by atoms with Gasteiger partial charge in [0.05, 0.1) is 20.3 Å². The molecule has 4 rings (SSSR count). The zero-order valence-electron chi connectivity index (χ0n) is 26.2. The summed E-state index contributed by atoms with van der Waals surface area (Å²) in [6, 6.07) is 8.32. The standard InChI is InChI=1S/C34H51O5P/c1-33(2,3)29-22-25(35-7)20-27-28-21-26(36-8)23-30(34(4,5)6)32(28)39-40(38-31(27)29)37-24-18-16-14-12-10-9-11-13-15-17-19-24/h20-24H,9-19H2,1-8H3. The molecule has 0 bridgehead atoms. The zero-order valence-corrected chi connectivity index (χ0v) is 27.0. The van der Waals surface area contributed by atoms with Crippen LogP contribution in [0.4, 0.5) is 0 Å². The summed E-state index contributed by atoms with van der Waals surface area (Å²) in [7, 11) is 1.76. The highest BCUT2D eigenvalue weighted by Crippen LogP contribution is 2.45. The van der Waals surface area contributed by atoms with Crippen LogP contribution in [-0.2, 0) is 10.8 Å². The molecular weight excluding hydrogens is 519 g/mol. The van der Waals surface area contributed by atoms with Gasteiger partial charge in [-0.3, -0.25) is 4.52 Å². The molecule has 0 aliphatic heterocycles. The Hall–Kier alpha value is -2.10. The van der Waals surface area contributed by atoms with Crippen LogP contribution in [0.5, 0.6) is 11.5 Å². The fourth-order valence-electron chi connectivity index (χ4n) is 5.72. The minimum atomic E-state index is -1.68. The quantitative estimate of drug-likeness (QED) is 0.312. The van der Waals surface area contributed by atoms with Crippen molar-refractivity contribution in [2.24, 2.45) is 0 Å². The van der Waals surface area contributed by atoms with Crippen molar-refractivity contribution in [1.29, 1.82) is 0 Å². The Bertz CT molecular complexity index is 1220. The van der Waals surface area contributed by atoms with Crippen LogP contribution in [-0.4, -0.2) is 20.3 Å². The van der Waals surface area contributed by atoms with Crippen molar-refractivity contribution >= 4 is 30.2 Å². The second-order valence-corrected chi connectivity index (χ2v) is 14.5. The molecule has 0 unspecified atom stereocenters. The average Bonchev–Trinajstić information content (AvgIpc) is 3.04. The second-order valence-electron chi connectivity index (χ2n) is 13.5. The molecule has 0 radical (unpaired) electrons. The van der Waals surface area contributed by atoms with Gasteiger partial charge in [0.15, 0.2) is 0 Å². The van der Waals surface area contributed by atoms with Gasteiger partial charge < -0.3 is 17.9 Å². The molecule has 1 fully saturated rings. The fraction of sp³-hybridized carbons (Fsp3) is 0.647. The van der Waals surface area contributed by atoms with Crippen molar-refractivity contribution in [1.82, 2.24) is 0 Å². The molecule has 6 heteroatoms. The molecule has 222 valence electrons. The van der Waals surface area contributed by atoms with Crippen molar-refractivity contribution in [3.05, 3.63) is 35.4 Å². The Balaban J connectivity index is 1.97. The first-order chi connectivity index (χ1) is 19.0. The van der Waals surface area contributed by atoms with Gasteiger partial charge in [-0.15, -0.1) is 0 Å². The normalized spacial score (nSPS) is 16.9. The third kappa shape index (κ3) is 7.59. The summed E-state index contributed by atoms with van der Waals surface area (Å²) < 4.78 is 32.1. The Labute approximate surface area is 242 Å². The summed E-state index contributed by atoms with van der Waals surface area (Å²) in [5.74, 6) is 1.59. The smallest absolute Gasteiger partial charge is 0.387 e. The van der Waals surface area contributed by atoms with Gasteiger partial charge in [0.1, 0.15) is 22.7 Å². The maximum Gasteiger partial charge on any atom is 0.387 e. The SMILES string of the molecule is COc1cc(C(C)(C)C)c2op(OC3CCCCCCCCCCC3)oc3c(C(C)(C)C)cc(OC)cc3c2c1. The molecule has 40 heavy (non-hydrogen) atoms. The molecule has 3 aromatic rings. The van der Waals surface area contributed by atoms with Crippen LogP contribution in [0.2, 0.25) is 0 Å². The molecule has 0 atom stereocenters. The van der Waals surface area contributed by atoms with Gasteiger partial charge in [0.25, 0.3) is 0 Å². The highest BCUT2D eigenvalue weighted by Gasteiger charge is 2.26. The number of ether oxygens (including phenoxy) is 2. The first kappa shape index (κ1) is 30.8. The monoisotopic (exact) mass is 570 g/mol. The van der Waals surface area contributed by atoms with Gasteiger partial charge in [-0.05, 0) is 47.9 Å². The number of hydrogen-bond acceptors (Lipinski definition) is 5. The molecule has 0 amide bonds. The van der Waals surface area contributed by atoms with E-state index in [1.165, 1.54) is 57.8 Å². The molecule has 0 N–H and O–H groups in total. The number of methoxy groups -OCH3 is 2. The van der Waals surface area contributed by atoms with Crippen molar-refractivity contribution < 1.29 is 22.4 Å². The zero-order chi connectivity index (χ0) is 28.9.